The Labute approximate surface area is 93.9 Å². The quantitative estimate of drug-likeness (QED) is 0.671. The summed E-state index contributed by atoms with van der Waals surface area (Å²) in [5.41, 5.74) is 1.43. The van der Waals surface area contributed by atoms with Gasteiger partial charge in [0.05, 0.1) is 0 Å². The standard InChI is InChI=1S/C14H23N/c1-3-4-8-11-15-12-13(2)14-9-6-5-7-10-14/h5-7,9-10,13,15H,3-4,8,11-12H2,1-2H3. The van der Waals surface area contributed by atoms with Gasteiger partial charge in [-0.05, 0) is 24.4 Å². The van der Waals surface area contributed by atoms with Crippen LogP contribution in [0.3, 0.4) is 0 Å². The van der Waals surface area contributed by atoms with Crippen LogP contribution in [0.2, 0.25) is 0 Å². The maximum Gasteiger partial charge on any atom is 0.00174 e. The summed E-state index contributed by atoms with van der Waals surface area (Å²) < 4.78 is 0. The van der Waals surface area contributed by atoms with Gasteiger partial charge in [0.1, 0.15) is 0 Å². The van der Waals surface area contributed by atoms with E-state index in [1.807, 2.05) is 0 Å². The van der Waals surface area contributed by atoms with Crippen LogP contribution in [0.1, 0.15) is 44.6 Å². The molecular formula is C14H23N. The maximum absolute atomic E-state index is 3.52. The summed E-state index contributed by atoms with van der Waals surface area (Å²) in [4.78, 5) is 0. The summed E-state index contributed by atoms with van der Waals surface area (Å²) in [6.45, 7) is 6.77. The van der Waals surface area contributed by atoms with Crippen molar-refractivity contribution in [3.05, 3.63) is 35.9 Å². The van der Waals surface area contributed by atoms with Crippen LogP contribution < -0.4 is 5.32 Å². The topological polar surface area (TPSA) is 12.0 Å². The maximum atomic E-state index is 3.52. The van der Waals surface area contributed by atoms with E-state index in [0.29, 0.717) is 5.92 Å². The largest absolute Gasteiger partial charge is 0.316 e. The van der Waals surface area contributed by atoms with E-state index >= 15 is 0 Å². The van der Waals surface area contributed by atoms with Gasteiger partial charge in [-0.1, -0.05) is 57.0 Å². The van der Waals surface area contributed by atoms with E-state index in [4.69, 9.17) is 0 Å². The Morgan fingerprint density at radius 3 is 2.53 bits per heavy atom. The van der Waals surface area contributed by atoms with Gasteiger partial charge in [-0.25, -0.2) is 0 Å². The molecule has 1 heteroatoms. The highest BCUT2D eigenvalue weighted by atomic mass is 14.8. The molecule has 0 aliphatic rings. The van der Waals surface area contributed by atoms with Gasteiger partial charge >= 0.3 is 0 Å². The zero-order valence-corrected chi connectivity index (χ0v) is 10.00. The third kappa shape index (κ3) is 4.98. The molecular weight excluding hydrogens is 182 g/mol. The lowest BCUT2D eigenvalue weighted by Gasteiger charge is -2.12. The minimum Gasteiger partial charge on any atom is -0.316 e. The first kappa shape index (κ1) is 12.3. The van der Waals surface area contributed by atoms with E-state index in [-0.39, 0.29) is 0 Å². The molecule has 0 aromatic heterocycles. The lowest BCUT2D eigenvalue weighted by molar-refractivity contribution is 0.578. The highest BCUT2D eigenvalue weighted by molar-refractivity contribution is 5.18. The highest BCUT2D eigenvalue weighted by Gasteiger charge is 2.02. The minimum atomic E-state index is 0.618. The zero-order chi connectivity index (χ0) is 10.9. The van der Waals surface area contributed by atoms with Crippen LogP contribution in [-0.4, -0.2) is 13.1 Å². The van der Waals surface area contributed by atoms with Crippen molar-refractivity contribution in [3.8, 4) is 0 Å². The first-order valence-corrected chi connectivity index (χ1v) is 6.10. The van der Waals surface area contributed by atoms with Crippen LogP contribution in [0.25, 0.3) is 0 Å². The third-order valence-electron chi connectivity index (χ3n) is 2.78. The first-order valence-electron chi connectivity index (χ1n) is 6.10. The van der Waals surface area contributed by atoms with Crippen molar-refractivity contribution in [1.82, 2.24) is 5.32 Å². The number of hydrogen-bond acceptors (Lipinski definition) is 1. The van der Waals surface area contributed by atoms with E-state index < -0.39 is 0 Å². The number of benzene rings is 1. The van der Waals surface area contributed by atoms with Crippen LogP contribution in [0.15, 0.2) is 30.3 Å². The van der Waals surface area contributed by atoms with E-state index in [1.165, 1.54) is 24.8 Å². The van der Waals surface area contributed by atoms with Gasteiger partial charge in [-0.3, -0.25) is 0 Å². The molecule has 1 aromatic carbocycles. The molecule has 1 N–H and O–H groups in total. The molecule has 0 amide bonds. The van der Waals surface area contributed by atoms with Crippen molar-refractivity contribution in [2.24, 2.45) is 0 Å². The monoisotopic (exact) mass is 205 g/mol. The molecule has 0 saturated carbocycles. The second-order valence-electron chi connectivity index (χ2n) is 4.22. The summed E-state index contributed by atoms with van der Waals surface area (Å²) >= 11 is 0. The second-order valence-corrected chi connectivity index (χ2v) is 4.22. The molecule has 1 aromatic rings. The van der Waals surface area contributed by atoms with E-state index in [2.05, 4.69) is 49.5 Å². The summed E-state index contributed by atoms with van der Waals surface area (Å²) in [6.07, 6.45) is 3.95. The number of rotatable bonds is 7. The molecule has 1 nitrogen and oxygen atoms in total. The Balaban J connectivity index is 2.16. The van der Waals surface area contributed by atoms with Gasteiger partial charge in [0.15, 0.2) is 0 Å². The summed E-state index contributed by atoms with van der Waals surface area (Å²) in [7, 11) is 0. The SMILES string of the molecule is CCCCCNCC(C)c1ccccc1. The molecule has 0 aliphatic carbocycles. The number of unbranched alkanes of at least 4 members (excludes halogenated alkanes) is 2. The van der Waals surface area contributed by atoms with Gasteiger partial charge in [-0.2, -0.15) is 0 Å². The molecule has 1 rings (SSSR count). The van der Waals surface area contributed by atoms with Crippen LogP contribution >= 0.6 is 0 Å². The van der Waals surface area contributed by atoms with Crippen LogP contribution in [-0.2, 0) is 0 Å². The van der Waals surface area contributed by atoms with Crippen molar-refractivity contribution < 1.29 is 0 Å². The van der Waals surface area contributed by atoms with Gasteiger partial charge < -0.3 is 5.32 Å². The van der Waals surface area contributed by atoms with Gasteiger partial charge in [0, 0.05) is 6.54 Å². The fourth-order valence-electron chi connectivity index (χ4n) is 1.72. The Kier molecular flexibility index (Phi) is 6.10. The first-order chi connectivity index (χ1) is 7.34. The molecule has 0 bridgehead atoms. The van der Waals surface area contributed by atoms with Gasteiger partial charge in [0.25, 0.3) is 0 Å². The van der Waals surface area contributed by atoms with Crippen LogP contribution in [0.5, 0.6) is 0 Å². The Hall–Kier alpha value is -0.820. The molecule has 0 aliphatic heterocycles. The van der Waals surface area contributed by atoms with Crippen molar-refractivity contribution in [2.75, 3.05) is 13.1 Å². The lowest BCUT2D eigenvalue weighted by Crippen LogP contribution is -2.21. The smallest absolute Gasteiger partial charge is 0.00174 e. The average molecular weight is 205 g/mol. The summed E-state index contributed by atoms with van der Waals surface area (Å²) in [5, 5.41) is 3.52. The lowest BCUT2D eigenvalue weighted by atomic mass is 10.0. The molecule has 0 spiro atoms. The predicted octanol–water partition coefficient (Wildman–Crippen LogP) is 3.57. The fourth-order valence-corrected chi connectivity index (χ4v) is 1.72. The van der Waals surface area contributed by atoms with Crippen molar-refractivity contribution in [1.29, 1.82) is 0 Å². The summed E-state index contributed by atoms with van der Waals surface area (Å²) in [6, 6.07) is 10.7. The van der Waals surface area contributed by atoms with Crippen molar-refractivity contribution in [3.63, 3.8) is 0 Å². The van der Waals surface area contributed by atoms with Gasteiger partial charge in [0.2, 0.25) is 0 Å². The Bertz CT molecular complexity index is 243. The molecule has 0 fully saturated rings. The molecule has 15 heavy (non-hydrogen) atoms. The molecule has 1 atom stereocenters. The third-order valence-corrected chi connectivity index (χ3v) is 2.78. The van der Waals surface area contributed by atoms with E-state index in [0.717, 1.165) is 13.1 Å². The average Bonchev–Trinajstić information content (AvgIpc) is 2.30. The Morgan fingerprint density at radius 1 is 1.13 bits per heavy atom. The molecule has 0 saturated heterocycles. The van der Waals surface area contributed by atoms with Crippen molar-refractivity contribution in [2.45, 2.75) is 39.0 Å². The van der Waals surface area contributed by atoms with Gasteiger partial charge in [-0.15, -0.1) is 0 Å². The highest BCUT2D eigenvalue weighted by Crippen LogP contribution is 2.12. The Morgan fingerprint density at radius 2 is 1.87 bits per heavy atom. The predicted molar refractivity (Wildman–Crippen MR) is 67.3 cm³/mol. The number of nitrogens with one attached hydrogen (secondary N) is 1. The van der Waals surface area contributed by atoms with E-state index in [1.54, 1.807) is 0 Å². The summed E-state index contributed by atoms with van der Waals surface area (Å²) in [5.74, 6) is 0.618. The van der Waals surface area contributed by atoms with Crippen LogP contribution in [0, 0.1) is 0 Å². The number of hydrogen-bond donors (Lipinski definition) is 1. The van der Waals surface area contributed by atoms with Crippen molar-refractivity contribution >= 4 is 0 Å². The zero-order valence-electron chi connectivity index (χ0n) is 10.00. The minimum absolute atomic E-state index is 0.618. The normalized spacial score (nSPS) is 12.7. The molecule has 0 heterocycles. The molecule has 1 unspecified atom stereocenters. The fraction of sp³-hybridized carbons (Fsp3) is 0.571. The molecule has 0 radical (unpaired) electrons. The molecule has 84 valence electrons. The second kappa shape index (κ2) is 7.47. The van der Waals surface area contributed by atoms with E-state index in [9.17, 15) is 0 Å². The van der Waals surface area contributed by atoms with Crippen LogP contribution in [0.4, 0.5) is 0 Å².